The molecule has 0 radical (unpaired) electrons. The highest BCUT2D eigenvalue weighted by Gasteiger charge is 2.17. The van der Waals surface area contributed by atoms with Gasteiger partial charge in [-0.1, -0.05) is 18.2 Å². The molecule has 0 aliphatic heterocycles. The summed E-state index contributed by atoms with van der Waals surface area (Å²) in [6.45, 7) is 2.01. The fourth-order valence-corrected chi connectivity index (χ4v) is 1.55. The quantitative estimate of drug-likeness (QED) is 0.770. The second-order valence-corrected chi connectivity index (χ2v) is 3.49. The van der Waals surface area contributed by atoms with Crippen LogP contribution in [0.5, 0.6) is 0 Å². The van der Waals surface area contributed by atoms with Gasteiger partial charge in [-0.2, -0.15) is 10.4 Å². The van der Waals surface area contributed by atoms with Crippen molar-refractivity contribution in [3.05, 3.63) is 47.8 Å². The Bertz CT molecular complexity index is 596. The minimum atomic E-state index is -0.490. The summed E-state index contributed by atoms with van der Waals surface area (Å²) in [5.74, 6) is -0.490. The highest BCUT2D eigenvalue weighted by atomic mass is 16.5. The third-order valence-electron chi connectivity index (χ3n) is 2.31. The first kappa shape index (κ1) is 11.9. The van der Waals surface area contributed by atoms with Crippen LogP contribution in [-0.4, -0.2) is 22.4 Å². The van der Waals surface area contributed by atoms with Crippen LogP contribution in [0.25, 0.3) is 5.69 Å². The molecule has 5 nitrogen and oxygen atoms in total. The van der Waals surface area contributed by atoms with Crippen LogP contribution in [0.1, 0.15) is 23.1 Å². The summed E-state index contributed by atoms with van der Waals surface area (Å²) in [5.41, 5.74) is 1.14. The van der Waals surface area contributed by atoms with Gasteiger partial charge in [0.05, 0.1) is 12.3 Å². The third-order valence-corrected chi connectivity index (χ3v) is 2.31. The lowest BCUT2D eigenvalue weighted by Crippen LogP contribution is -2.11. The standard InChI is InChI=1S/C13H11N3O2/c1-2-18-13(17)12-8-10(9-14)15-16(12)11-6-4-3-5-7-11/h3-8H,2H2,1H3. The molecule has 1 aromatic heterocycles. The smallest absolute Gasteiger partial charge is 0.357 e. The molecule has 0 N–H and O–H groups in total. The zero-order chi connectivity index (χ0) is 13.0. The predicted octanol–water partition coefficient (Wildman–Crippen LogP) is 1.92. The van der Waals surface area contributed by atoms with Crippen LogP contribution in [0, 0.1) is 11.3 Å². The van der Waals surface area contributed by atoms with Gasteiger partial charge in [0, 0.05) is 6.07 Å². The molecule has 0 saturated carbocycles. The fourth-order valence-electron chi connectivity index (χ4n) is 1.55. The largest absolute Gasteiger partial charge is 0.461 e. The maximum absolute atomic E-state index is 11.8. The van der Waals surface area contributed by atoms with E-state index in [2.05, 4.69) is 5.10 Å². The number of ether oxygens (including phenoxy) is 1. The number of benzene rings is 1. The highest BCUT2D eigenvalue weighted by Crippen LogP contribution is 2.13. The molecule has 0 spiro atoms. The monoisotopic (exact) mass is 241 g/mol. The highest BCUT2D eigenvalue weighted by molar-refractivity contribution is 5.88. The molecule has 5 heteroatoms. The summed E-state index contributed by atoms with van der Waals surface area (Å²) in [4.78, 5) is 11.8. The number of aromatic nitrogens is 2. The molecule has 0 aliphatic rings. The zero-order valence-electron chi connectivity index (χ0n) is 9.83. The Morgan fingerprint density at radius 1 is 1.44 bits per heavy atom. The topological polar surface area (TPSA) is 67.9 Å². The van der Waals surface area contributed by atoms with E-state index in [1.807, 2.05) is 24.3 Å². The maximum Gasteiger partial charge on any atom is 0.357 e. The van der Waals surface area contributed by atoms with Gasteiger partial charge in [-0.3, -0.25) is 0 Å². The summed E-state index contributed by atoms with van der Waals surface area (Å²) >= 11 is 0. The molecule has 0 amide bonds. The molecule has 1 heterocycles. The lowest BCUT2D eigenvalue weighted by atomic mass is 10.3. The van der Waals surface area contributed by atoms with Gasteiger partial charge in [-0.05, 0) is 19.1 Å². The third kappa shape index (κ3) is 2.23. The summed E-state index contributed by atoms with van der Waals surface area (Å²) in [7, 11) is 0. The first-order valence-electron chi connectivity index (χ1n) is 5.49. The summed E-state index contributed by atoms with van der Waals surface area (Å²) in [5, 5.41) is 12.9. The Kier molecular flexibility index (Phi) is 3.39. The van der Waals surface area contributed by atoms with E-state index in [0.29, 0.717) is 5.69 Å². The van der Waals surface area contributed by atoms with Crippen molar-refractivity contribution < 1.29 is 9.53 Å². The molecular weight excluding hydrogens is 230 g/mol. The second-order valence-electron chi connectivity index (χ2n) is 3.49. The number of nitrogens with zero attached hydrogens (tertiary/aromatic N) is 3. The van der Waals surface area contributed by atoms with E-state index in [1.165, 1.54) is 10.7 Å². The Morgan fingerprint density at radius 2 is 2.17 bits per heavy atom. The van der Waals surface area contributed by atoms with E-state index in [1.54, 1.807) is 19.1 Å². The summed E-state index contributed by atoms with van der Waals surface area (Å²) in [6, 6.07) is 12.5. The van der Waals surface area contributed by atoms with Crippen molar-refractivity contribution in [2.75, 3.05) is 6.61 Å². The molecule has 0 fully saturated rings. The van der Waals surface area contributed by atoms with Gasteiger partial charge in [0.25, 0.3) is 0 Å². The van der Waals surface area contributed by atoms with Crippen molar-refractivity contribution in [3.63, 3.8) is 0 Å². The minimum absolute atomic E-state index is 0.182. The van der Waals surface area contributed by atoms with Gasteiger partial charge in [0.15, 0.2) is 11.4 Å². The first-order chi connectivity index (χ1) is 8.76. The predicted molar refractivity (Wildman–Crippen MR) is 64.2 cm³/mol. The van der Waals surface area contributed by atoms with Gasteiger partial charge in [-0.15, -0.1) is 0 Å². The van der Waals surface area contributed by atoms with Crippen LogP contribution < -0.4 is 0 Å². The van der Waals surface area contributed by atoms with E-state index in [4.69, 9.17) is 10.00 Å². The molecule has 1 aromatic carbocycles. The summed E-state index contributed by atoms with van der Waals surface area (Å²) < 4.78 is 6.35. The van der Waals surface area contributed by atoms with Crippen LogP contribution >= 0.6 is 0 Å². The number of hydrogen-bond donors (Lipinski definition) is 0. The van der Waals surface area contributed by atoms with Crippen LogP contribution in [0.15, 0.2) is 36.4 Å². The molecule has 0 saturated heterocycles. The van der Waals surface area contributed by atoms with E-state index in [9.17, 15) is 4.79 Å². The first-order valence-corrected chi connectivity index (χ1v) is 5.49. The molecule has 2 aromatic rings. The molecule has 90 valence electrons. The average Bonchev–Trinajstić information content (AvgIpc) is 2.84. The van der Waals surface area contributed by atoms with E-state index >= 15 is 0 Å². The van der Waals surface area contributed by atoms with E-state index in [0.717, 1.165) is 0 Å². The van der Waals surface area contributed by atoms with Gasteiger partial charge in [0.1, 0.15) is 6.07 Å². The van der Waals surface area contributed by atoms with Crippen LogP contribution in [0.2, 0.25) is 0 Å². The molecular formula is C13H11N3O2. The number of carbonyl (C=O) groups excluding carboxylic acids is 1. The van der Waals surface area contributed by atoms with Gasteiger partial charge in [0.2, 0.25) is 0 Å². The van der Waals surface area contributed by atoms with Crippen molar-refractivity contribution >= 4 is 5.97 Å². The summed E-state index contributed by atoms with van der Waals surface area (Å²) in [6.07, 6.45) is 0. The van der Waals surface area contributed by atoms with Gasteiger partial charge < -0.3 is 4.74 Å². The number of carbonyl (C=O) groups is 1. The Morgan fingerprint density at radius 3 is 2.78 bits per heavy atom. The van der Waals surface area contributed by atoms with Crippen LogP contribution in [-0.2, 0) is 4.74 Å². The Balaban J connectivity index is 2.50. The number of para-hydroxylation sites is 1. The number of hydrogen-bond acceptors (Lipinski definition) is 4. The number of esters is 1. The molecule has 18 heavy (non-hydrogen) atoms. The molecule has 0 atom stereocenters. The number of rotatable bonds is 3. The minimum Gasteiger partial charge on any atom is -0.461 e. The lowest BCUT2D eigenvalue weighted by molar-refractivity contribution is 0.0516. The second kappa shape index (κ2) is 5.15. The number of nitriles is 1. The normalized spacial score (nSPS) is 9.78. The van der Waals surface area contributed by atoms with Gasteiger partial charge >= 0.3 is 5.97 Å². The lowest BCUT2D eigenvalue weighted by Gasteiger charge is -2.05. The fraction of sp³-hybridized carbons (Fsp3) is 0.154. The van der Waals surface area contributed by atoms with Crippen molar-refractivity contribution in [2.45, 2.75) is 6.92 Å². The van der Waals surface area contributed by atoms with E-state index in [-0.39, 0.29) is 18.0 Å². The van der Waals surface area contributed by atoms with Crippen LogP contribution in [0.3, 0.4) is 0 Å². The SMILES string of the molecule is CCOC(=O)c1cc(C#N)nn1-c1ccccc1. The zero-order valence-corrected chi connectivity index (χ0v) is 9.83. The molecule has 2 rings (SSSR count). The van der Waals surface area contributed by atoms with Crippen LogP contribution in [0.4, 0.5) is 0 Å². The van der Waals surface area contributed by atoms with Crippen molar-refractivity contribution in [1.29, 1.82) is 5.26 Å². The molecule has 0 bridgehead atoms. The van der Waals surface area contributed by atoms with Crippen molar-refractivity contribution in [2.24, 2.45) is 0 Å². The van der Waals surface area contributed by atoms with Crippen molar-refractivity contribution in [1.82, 2.24) is 9.78 Å². The van der Waals surface area contributed by atoms with Gasteiger partial charge in [-0.25, -0.2) is 9.48 Å². The Labute approximate surface area is 104 Å². The van der Waals surface area contributed by atoms with Crippen molar-refractivity contribution in [3.8, 4) is 11.8 Å². The maximum atomic E-state index is 11.8. The molecule has 0 unspecified atom stereocenters. The average molecular weight is 241 g/mol. The molecule has 0 aliphatic carbocycles. The Hall–Kier alpha value is -2.61. The van der Waals surface area contributed by atoms with E-state index < -0.39 is 5.97 Å².